The fourth-order valence-corrected chi connectivity index (χ4v) is 5.36. The van der Waals surface area contributed by atoms with Crippen molar-refractivity contribution in [3.8, 4) is 0 Å². The Morgan fingerprint density at radius 3 is 2.36 bits per heavy atom. The molecule has 2 aromatic carbocycles. The number of aliphatic hydroxyl groups is 1. The van der Waals surface area contributed by atoms with Crippen LogP contribution in [0.5, 0.6) is 0 Å². The van der Waals surface area contributed by atoms with Crippen LogP contribution in [0.2, 0.25) is 0 Å². The van der Waals surface area contributed by atoms with Gasteiger partial charge in [0.15, 0.2) is 9.84 Å². The standard InChI is InChI=1S/C18H20O3S/c1-2-13-12-22(20,21)16-11-7-6-10-15(16)17(18(13)19)14-8-4-3-5-9-14/h3-11,13,17-19H,2,12H2,1H3/t13-,17-,18-/m0/s1. The molecule has 0 saturated heterocycles. The zero-order chi connectivity index (χ0) is 15.7. The Bertz CT molecular complexity index is 753. The second-order valence-electron chi connectivity index (χ2n) is 5.87. The summed E-state index contributed by atoms with van der Waals surface area (Å²) in [6.45, 7) is 1.93. The second kappa shape index (κ2) is 5.86. The van der Waals surface area contributed by atoms with Gasteiger partial charge in [0.2, 0.25) is 0 Å². The molecule has 4 heteroatoms. The summed E-state index contributed by atoms with van der Waals surface area (Å²) in [4.78, 5) is 0.360. The van der Waals surface area contributed by atoms with Gasteiger partial charge >= 0.3 is 0 Å². The largest absolute Gasteiger partial charge is 0.392 e. The Hall–Kier alpha value is -1.65. The first-order chi connectivity index (χ1) is 10.5. The molecule has 3 nitrogen and oxygen atoms in total. The van der Waals surface area contributed by atoms with Crippen LogP contribution in [0.4, 0.5) is 0 Å². The highest BCUT2D eigenvalue weighted by Gasteiger charge is 2.39. The summed E-state index contributed by atoms with van der Waals surface area (Å²) in [5.41, 5.74) is 1.66. The highest BCUT2D eigenvalue weighted by atomic mass is 32.2. The maximum absolute atomic E-state index is 12.7. The average Bonchev–Trinajstić information content (AvgIpc) is 2.62. The lowest BCUT2D eigenvalue weighted by Crippen LogP contribution is -2.29. The molecule has 3 rings (SSSR count). The molecule has 22 heavy (non-hydrogen) atoms. The van der Waals surface area contributed by atoms with Crippen LogP contribution in [0.25, 0.3) is 0 Å². The number of hydrogen-bond acceptors (Lipinski definition) is 3. The van der Waals surface area contributed by atoms with Gasteiger partial charge in [-0.3, -0.25) is 0 Å². The molecule has 0 fully saturated rings. The van der Waals surface area contributed by atoms with Gasteiger partial charge in [-0.25, -0.2) is 8.42 Å². The van der Waals surface area contributed by atoms with Crippen LogP contribution in [0.1, 0.15) is 30.4 Å². The van der Waals surface area contributed by atoms with Crippen molar-refractivity contribution < 1.29 is 13.5 Å². The maximum Gasteiger partial charge on any atom is 0.179 e. The minimum atomic E-state index is -3.37. The molecule has 1 heterocycles. The Kier molecular flexibility index (Phi) is 4.06. The van der Waals surface area contributed by atoms with Crippen molar-refractivity contribution in [3.63, 3.8) is 0 Å². The third kappa shape index (κ3) is 2.57. The van der Waals surface area contributed by atoms with Crippen molar-refractivity contribution in [2.45, 2.75) is 30.3 Å². The summed E-state index contributed by atoms with van der Waals surface area (Å²) in [5, 5.41) is 10.9. The van der Waals surface area contributed by atoms with Gasteiger partial charge in [-0.1, -0.05) is 55.5 Å². The number of fused-ring (bicyclic) bond motifs is 1. The fraction of sp³-hybridized carbons (Fsp3) is 0.333. The van der Waals surface area contributed by atoms with Gasteiger partial charge in [0, 0.05) is 5.92 Å². The Morgan fingerprint density at radius 2 is 1.68 bits per heavy atom. The Morgan fingerprint density at radius 1 is 1.05 bits per heavy atom. The first-order valence-electron chi connectivity index (χ1n) is 7.59. The smallest absolute Gasteiger partial charge is 0.179 e. The first kappa shape index (κ1) is 15.3. The fourth-order valence-electron chi connectivity index (χ4n) is 3.34. The molecule has 0 radical (unpaired) electrons. The van der Waals surface area contributed by atoms with E-state index in [0.717, 1.165) is 5.56 Å². The lowest BCUT2D eigenvalue weighted by atomic mass is 9.81. The van der Waals surface area contributed by atoms with Gasteiger partial charge in [0.25, 0.3) is 0 Å². The molecule has 0 amide bonds. The van der Waals surface area contributed by atoms with Crippen LogP contribution in [-0.4, -0.2) is 25.4 Å². The van der Waals surface area contributed by atoms with E-state index >= 15 is 0 Å². The molecule has 0 saturated carbocycles. The quantitative estimate of drug-likeness (QED) is 0.926. The van der Waals surface area contributed by atoms with E-state index in [0.29, 0.717) is 16.9 Å². The minimum absolute atomic E-state index is 0.00497. The molecular weight excluding hydrogens is 296 g/mol. The van der Waals surface area contributed by atoms with Crippen LogP contribution < -0.4 is 0 Å². The second-order valence-corrected chi connectivity index (χ2v) is 7.87. The molecule has 0 spiro atoms. The molecular formula is C18H20O3S. The molecule has 3 atom stereocenters. The summed E-state index contributed by atoms with van der Waals surface area (Å²) in [5.74, 6) is -0.562. The first-order valence-corrected chi connectivity index (χ1v) is 9.24. The van der Waals surface area contributed by atoms with E-state index in [1.807, 2.05) is 49.4 Å². The summed E-state index contributed by atoms with van der Waals surface area (Å²) < 4.78 is 25.3. The van der Waals surface area contributed by atoms with Gasteiger partial charge in [-0.05, 0) is 29.5 Å². The van der Waals surface area contributed by atoms with Crippen LogP contribution >= 0.6 is 0 Å². The number of rotatable bonds is 2. The summed E-state index contributed by atoms with van der Waals surface area (Å²) in [6, 6.07) is 16.7. The zero-order valence-corrected chi connectivity index (χ0v) is 13.3. The molecule has 1 aliphatic heterocycles. The minimum Gasteiger partial charge on any atom is -0.392 e. The SMILES string of the molecule is CC[C@H]1CS(=O)(=O)c2ccccc2[C@H](c2ccccc2)[C@H]1O. The normalized spacial score (nSPS) is 26.9. The van der Waals surface area contributed by atoms with E-state index < -0.39 is 15.9 Å². The topological polar surface area (TPSA) is 54.4 Å². The summed E-state index contributed by atoms with van der Waals surface area (Å²) in [6.07, 6.45) is -0.0663. The third-order valence-corrected chi connectivity index (χ3v) is 6.44. The van der Waals surface area contributed by atoms with Gasteiger partial charge in [-0.15, -0.1) is 0 Å². The maximum atomic E-state index is 12.7. The third-order valence-electron chi connectivity index (χ3n) is 4.53. The van der Waals surface area contributed by atoms with Crippen molar-refractivity contribution >= 4 is 9.84 Å². The van der Waals surface area contributed by atoms with Crippen molar-refractivity contribution in [1.82, 2.24) is 0 Å². The monoisotopic (exact) mass is 316 g/mol. The lowest BCUT2D eigenvalue weighted by molar-refractivity contribution is 0.100. The van der Waals surface area contributed by atoms with E-state index in [9.17, 15) is 13.5 Å². The predicted molar refractivity (Wildman–Crippen MR) is 86.6 cm³/mol. The van der Waals surface area contributed by atoms with E-state index in [-0.39, 0.29) is 17.6 Å². The summed E-state index contributed by atoms with van der Waals surface area (Å²) in [7, 11) is -3.37. The zero-order valence-electron chi connectivity index (χ0n) is 12.5. The van der Waals surface area contributed by atoms with Crippen LogP contribution in [0.15, 0.2) is 59.5 Å². The highest BCUT2D eigenvalue weighted by molar-refractivity contribution is 7.91. The van der Waals surface area contributed by atoms with E-state index in [2.05, 4.69) is 0 Å². The van der Waals surface area contributed by atoms with Crippen LogP contribution in [-0.2, 0) is 9.84 Å². The number of hydrogen-bond donors (Lipinski definition) is 1. The van der Waals surface area contributed by atoms with Crippen molar-refractivity contribution in [2.24, 2.45) is 5.92 Å². The number of sulfone groups is 1. The van der Waals surface area contributed by atoms with Gasteiger partial charge < -0.3 is 5.11 Å². The molecule has 1 aliphatic rings. The highest BCUT2D eigenvalue weighted by Crippen LogP contribution is 2.40. The van der Waals surface area contributed by atoms with E-state index in [1.165, 1.54) is 0 Å². The Balaban J connectivity index is 2.25. The predicted octanol–water partition coefficient (Wildman–Crippen LogP) is 2.99. The summed E-state index contributed by atoms with van der Waals surface area (Å²) >= 11 is 0. The molecule has 0 bridgehead atoms. The lowest BCUT2D eigenvalue weighted by Gasteiger charge is -2.27. The molecule has 0 aliphatic carbocycles. The van der Waals surface area contributed by atoms with Crippen LogP contribution in [0.3, 0.4) is 0 Å². The van der Waals surface area contributed by atoms with Crippen LogP contribution in [0, 0.1) is 5.92 Å². The molecule has 2 aromatic rings. The number of benzene rings is 2. The van der Waals surface area contributed by atoms with Gasteiger partial charge in [-0.2, -0.15) is 0 Å². The molecule has 1 N–H and O–H groups in total. The van der Waals surface area contributed by atoms with E-state index in [1.54, 1.807) is 12.1 Å². The Labute approximate surface area is 131 Å². The molecule has 0 aromatic heterocycles. The number of aliphatic hydroxyl groups excluding tert-OH is 1. The molecule has 116 valence electrons. The van der Waals surface area contributed by atoms with Crippen molar-refractivity contribution in [1.29, 1.82) is 0 Å². The van der Waals surface area contributed by atoms with E-state index in [4.69, 9.17) is 0 Å². The molecule has 0 unspecified atom stereocenters. The van der Waals surface area contributed by atoms with Gasteiger partial charge in [0.1, 0.15) is 0 Å². The van der Waals surface area contributed by atoms with Crippen molar-refractivity contribution in [2.75, 3.05) is 5.75 Å². The average molecular weight is 316 g/mol. The van der Waals surface area contributed by atoms with Gasteiger partial charge in [0.05, 0.1) is 16.8 Å². The van der Waals surface area contributed by atoms with Crippen molar-refractivity contribution in [3.05, 3.63) is 65.7 Å².